The average molecular weight is 283 g/mol. The van der Waals surface area contributed by atoms with Gasteiger partial charge in [-0.3, -0.25) is 4.90 Å². The third-order valence-electron chi connectivity index (χ3n) is 2.92. The van der Waals surface area contributed by atoms with Crippen LogP contribution in [0.5, 0.6) is 0 Å². The van der Waals surface area contributed by atoms with Crippen LogP contribution in [-0.2, 0) is 19.3 Å². The molecule has 0 saturated carbocycles. The Balaban J connectivity index is 2.72. The van der Waals surface area contributed by atoms with Gasteiger partial charge in [0.15, 0.2) is 16.1 Å². The third-order valence-corrected chi connectivity index (χ3v) is 6.25. The Morgan fingerprint density at radius 3 is 2.59 bits per heavy atom. The topological polar surface area (TPSA) is 55.8 Å². The van der Waals surface area contributed by atoms with E-state index in [0.717, 1.165) is 12.3 Å². The summed E-state index contributed by atoms with van der Waals surface area (Å²) >= 11 is 1.69. The lowest BCUT2D eigenvalue weighted by Crippen LogP contribution is -2.50. The summed E-state index contributed by atoms with van der Waals surface area (Å²) < 4.78 is 34.2. The van der Waals surface area contributed by atoms with Crippen molar-refractivity contribution < 1.29 is 17.9 Å². The van der Waals surface area contributed by atoms with Crippen LogP contribution in [0.15, 0.2) is 0 Å². The van der Waals surface area contributed by atoms with E-state index in [0.29, 0.717) is 12.3 Å². The highest BCUT2D eigenvalue weighted by Crippen LogP contribution is 2.21. The Labute approximate surface area is 108 Å². The van der Waals surface area contributed by atoms with Crippen molar-refractivity contribution in [2.45, 2.75) is 18.6 Å². The van der Waals surface area contributed by atoms with Gasteiger partial charge in [-0.2, -0.15) is 11.8 Å². The first-order valence-electron chi connectivity index (χ1n) is 5.64. The monoisotopic (exact) mass is 283 g/mol. The fraction of sp³-hybridized carbons (Fsp3) is 1.00. The van der Waals surface area contributed by atoms with Crippen molar-refractivity contribution >= 4 is 21.6 Å². The van der Waals surface area contributed by atoms with E-state index in [1.54, 1.807) is 32.9 Å². The molecule has 1 saturated heterocycles. The molecule has 0 aromatic carbocycles. The van der Waals surface area contributed by atoms with Crippen LogP contribution in [0.4, 0.5) is 0 Å². The number of hydrogen-bond acceptors (Lipinski definition) is 6. The molecular weight excluding hydrogens is 262 g/mol. The second-order valence-electron chi connectivity index (χ2n) is 3.88. The Morgan fingerprint density at radius 1 is 1.41 bits per heavy atom. The standard InChI is InChI=1S/C10H21NO4S2/c1-4-17(12,13)9-8-16-6-5-11(9)7-10(14-2)15-3/h9-10H,4-8H2,1-3H3. The second kappa shape index (κ2) is 6.94. The highest BCUT2D eigenvalue weighted by Gasteiger charge is 2.33. The largest absolute Gasteiger partial charge is 0.355 e. The quantitative estimate of drug-likeness (QED) is 0.658. The summed E-state index contributed by atoms with van der Waals surface area (Å²) in [7, 11) is 0.0928. The maximum Gasteiger partial charge on any atom is 0.169 e. The lowest BCUT2D eigenvalue weighted by atomic mass is 10.4. The van der Waals surface area contributed by atoms with Crippen molar-refractivity contribution in [2.24, 2.45) is 0 Å². The Morgan fingerprint density at radius 2 is 2.06 bits per heavy atom. The van der Waals surface area contributed by atoms with Gasteiger partial charge in [-0.25, -0.2) is 8.42 Å². The number of sulfone groups is 1. The van der Waals surface area contributed by atoms with E-state index in [2.05, 4.69) is 0 Å². The SMILES string of the molecule is CCS(=O)(=O)C1CSCCN1CC(OC)OC. The van der Waals surface area contributed by atoms with Crippen molar-refractivity contribution in [1.29, 1.82) is 0 Å². The molecule has 1 unspecified atom stereocenters. The molecule has 1 aliphatic rings. The van der Waals surface area contributed by atoms with Gasteiger partial charge >= 0.3 is 0 Å². The van der Waals surface area contributed by atoms with Gasteiger partial charge in [-0.15, -0.1) is 0 Å². The molecule has 0 N–H and O–H groups in total. The molecule has 0 radical (unpaired) electrons. The summed E-state index contributed by atoms with van der Waals surface area (Å²) in [5.74, 6) is 1.77. The van der Waals surface area contributed by atoms with Crippen LogP contribution in [0.2, 0.25) is 0 Å². The van der Waals surface area contributed by atoms with E-state index in [1.165, 1.54) is 0 Å². The van der Waals surface area contributed by atoms with E-state index >= 15 is 0 Å². The second-order valence-corrected chi connectivity index (χ2v) is 7.47. The van der Waals surface area contributed by atoms with Gasteiger partial charge in [0.05, 0.1) is 6.54 Å². The Bertz CT molecular complexity index is 316. The highest BCUT2D eigenvalue weighted by molar-refractivity contribution is 8.01. The molecule has 102 valence electrons. The highest BCUT2D eigenvalue weighted by atomic mass is 32.2. The third kappa shape index (κ3) is 4.10. The average Bonchev–Trinajstić information content (AvgIpc) is 2.36. The molecule has 1 atom stereocenters. The van der Waals surface area contributed by atoms with Crippen LogP contribution < -0.4 is 0 Å². The lowest BCUT2D eigenvalue weighted by molar-refractivity contribution is -0.116. The van der Waals surface area contributed by atoms with Crippen LogP contribution in [0.3, 0.4) is 0 Å². The fourth-order valence-corrected chi connectivity index (χ4v) is 4.88. The van der Waals surface area contributed by atoms with E-state index in [1.807, 2.05) is 4.90 Å². The van der Waals surface area contributed by atoms with E-state index in [9.17, 15) is 8.42 Å². The van der Waals surface area contributed by atoms with E-state index in [4.69, 9.17) is 9.47 Å². The summed E-state index contributed by atoms with van der Waals surface area (Å²) in [4.78, 5) is 1.95. The maximum atomic E-state index is 12.0. The van der Waals surface area contributed by atoms with Gasteiger partial charge in [0, 0.05) is 38.0 Å². The summed E-state index contributed by atoms with van der Waals surface area (Å²) in [5.41, 5.74) is 0. The van der Waals surface area contributed by atoms with Crippen LogP contribution in [-0.4, -0.2) is 69.5 Å². The van der Waals surface area contributed by atoms with Crippen LogP contribution in [0.1, 0.15) is 6.92 Å². The molecule has 0 bridgehead atoms. The molecule has 17 heavy (non-hydrogen) atoms. The molecular formula is C10H21NO4S2. The minimum Gasteiger partial charge on any atom is -0.355 e. The summed E-state index contributed by atoms with van der Waals surface area (Å²) in [5, 5.41) is -0.404. The van der Waals surface area contributed by atoms with Crippen molar-refractivity contribution in [3.05, 3.63) is 0 Å². The predicted molar refractivity (Wildman–Crippen MR) is 70.0 cm³/mol. The summed E-state index contributed by atoms with van der Waals surface area (Å²) in [6.45, 7) is 2.95. The molecule has 5 nitrogen and oxygen atoms in total. The van der Waals surface area contributed by atoms with Gasteiger partial charge in [0.2, 0.25) is 0 Å². The zero-order valence-corrected chi connectivity index (χ0v) is 12.2. The Kier molecular flexibility index (Phi) is 6.22. The first-order valence-corrected chi connectivity index (χ1v) is 8.51. The van der Waals surface area contributed by atoms with Crippen LogP contribution in [0.25, 0.3) is 0 Å². The molecule has 1 rings (SSSR count). The van der Waals surface area contributed by atoms with Crippen molar-refractivity contribution in [3.63, 3.8) is 0 Å². The molecule has 0 aromatic rings. The number of rotatable bonds is 6. The molecule has 0 aliphatic carbocycles. The van der Waals surface area contributed by atoms with Crippen LogP contribution in [0, 0.1) is 0 Å². The zero-order valence-electron chi connectivity index (χ0n) is 10.6. The molecule has 1 aliphatic heterocycles. The smallest absolute Gasteiger partial charge is 0.169 e. The molecule has 1 fully saturated rings. The van der Waals surface area contributed by atoms with Gasteiger partial charge < -0.3 is 9.47 Å². The summed E-state index contributed by atoms with van der Waals surface area (Å²) in [6.07, 6.45) is -0.368. The minimum absolute atomic E-state index is 0.180. The van der Waals surface area contributed by atoms with E-state index < -0.39 is 15.2 Å². The number of ether oxygens (including phenoxy) is 2. The van der Waals surface area contributed by atoms with Gasteiger partial charge in [0.25, 0.3) is 0 Å². The minimum atomic E-state index is -3.04. The van der Waals surface area contributed by atoms with Crippen molar-refractivity contribution in [1.82, 2.24) is 4.90 Å². The summed E-state index contributed by atoms with van der Waals surface area (Å²) in [6, 6.07) is 0. The zero-order chi connectivity index (χ0) is 12.9. The first-order chi connectivity index (χ1) is 8.05. The van der Waals surface area contributed by atoms with E-state index in [-0.39, 0.29) is 12.0 Å². The predicted octanol–water partition coefficient (Wildman–Crippen LogP) is 0.415. The number of nitrogens with zero attached hydrogens (tertiary/aromatic N) is 1. The van der Waals surface area contributed by atoms with Gasteiger partial charge in [-0.05, 0) is 0 Å². The lowest BCUT2D eigenvalue weighted by Gasteiger charge is -2.36. The first kappa shape index (κ1) is 15.2. The molecule has 0 spiro atoms. The number of methoxy groups -OCH3 is 2. The maximum absolute atomic E-state index is 12.0. The number of hydrogen-bond donors (Lipinski definition) is 0. The van der Waals surface area contributed by atoms with Gasteiger partial charge in [-0.1, -0.05) is 6.92 Å². The molecule has 1 heterocycles. The molecule has 7 heteroatoms. The van der Waals surface area contributed by atoms with Gasteiger partial charge in [0.1, 0.15) is 5.37 Å². The molecule has 0 amide bonds. The van der Waals surface area contributed by atoms with Crippen molar-refractivity contribution in [2.75, 3.05) is 44.6 Å². The Hall–Kier alpha value is 0.180. The normalized spacial score (nSPS) is 23.2. The fourth-order valence-electron chi connectivity index (χ4n) is 1.78. The molecule has 0 aromatic heterocycles. The van der Waals surface area contributed by atoms with Crippen LogP contribution >= 0.6 is 11.8 Å². The number of thioether (sulfide) groups is 1. The van der Waals surface area contributed by atoms with Crippen molar-refractivity contribution in [3.8, 4) is 0 Å².